The highest BCUT2D eigenvalue weighted by molar-refractivity contribution is 7.89. The van der Waals surface area contributed by atoms with Gasteiger partial charge in [0.05, 0.1) is 17.6 Å². The Bertz CT molecular complexity index is 1560. The van der Waals surface area contributed by atoms with Gasteiger partial charge in [0.1, 0.15) is 0 Å². The van der Waals surface area contributed by atoms with Crippen molar-refractivity contribution in [3.05, 3.63) is 76.1 Å². The van der Waals surface area contributed by atoms with E-state index in [1.807, 2.05) is 0 Å². The second kappa shape index (κ2) is 15.4. The summed E-state index contributed by atoms with van der Waals surface area (Å²) in [7, 11) is -2.83. The van der Waals surface area contributed by atoms with E-state index in [4.69, 9.17) is 17.3 Å². The summed E-state index contributed by atoms with van der Waals surface area (Å²) < 4.78 is 69.3. The zero-order valence-electron chi connectivity index (χ0n) is 24.8. The highest BCUT2D eigenvalue weighted by Crippen LogP contribution is 2.31. The Morgan fingerprint density at radius 3 is 2.13 bits per heavy atom. The van der Waals surface area contributed by atoms with E-state index < -0.39 is 27.7 Å². The Morgan fingerprint density at radius 2 is 1.62 bits per heavy atom. The number of nitrogens with two attached hydrogens (primary N) is 1. The van der Waals surface area contributed by atoms with Crippen molar-refractivity contribution in [3.63, 3.8) is 0 Å². The number of rotatable bonds is 9. The number of nitrogens with one attached hydrogen (secondary N) is 1. The van der Waals surface area contributed by atoms with Crippen LogP contribution in [0, 0.1) is 5.92 Å². The van der Waals surface area contributed by atoms with E-state index in [0.29, 0.717) is 12.5 Å². The number of halogens is 4. The molecule has 1 saturated heterocycles. The van der Waals surface area contributed by atoms with Crippen molar-refractivity contribution in [2.24, 2.45) is 5.92 Å². The maximum Gasteiger partial charge on any atom is 0.416 e. The number of anilines is 2. The van der Waals surface area contributed by atoms with Gasteiger partial charge in [-0.15, -0.1) is 0 Å². The van der Waals surface area contributed by atoms with Gasteiger partial charge in [-0.25, -0.2) is 23.2 Å². The number of benzene rings is 2. The molecule has 0 atom stereocenters. The number of alkyl halides is 3. The summed E-state index contributed by atoms with van der Waals surface area (Å²) in [6.45, 7) is 5.44. The first kappa shape index (κ1) is 35.5. The van der Waals surface area contributed by atoms with E-state index in [-0.39, 0.29) is 53.6 Å². The third-order valence-electron chi connectivity index (χ3n) is 6.66. The van der Waals surface area contributed by atoms with Crippen LogP contribution in [-0.4, -0.2) is 68.4 Å². The van der Waals surface area contributed by atoms with Crippen LogP contribution >= 0.6 is 11.6 Å². The van der Waals surface area contributed by atoms with Crippen LogP contribution in [0.5, 0.6) is 0 Å². The van der Waals surface area contributed by atoms with Crippen LogP contribution in [0.15, 0.2) is 53.4 Å². The molecule has 1 aromatic heterocycles. The maximum atomic E-state index is 12.8. The number of esters is 1. The fourth-order valence-corrected chi connectivity index (χ4v) is 6.06. The molecule has 4 rings (SSSR count). The largest absolute Gasteiger partial charge is 0.464 e. The molecule has 2 aromatic carbocycles. The predicted molar refractivity (Wildman–Crippen MR) is 163 cm³/mol. The lowest BCUT2D eigenvalue weighted by Gasteiger charge is -2.34. The van der Waals surface area contributed by atoms with Crippen LogP contribution in [0.2, 0.25) is 5.15 Å². The number of hydrogen-bond acceptors (Lipinski definition) is 9. The second-order valence-electron chi connectivity index (χ2n) is 10.4. The first-order valence-corrected chi connectivity index (χ1v) is 15.6. The van der Waals surface area contributed by atoms with E-state index in [9.17, 15) is 31.2 Å². The number of piperazine rings is 1. The summed E-state index contributed by atoms with van der Waals surface area (Å²) in [4.78, 5) is 31.1. The molecule has 11 nitrogen and oxygen atoms in total. The second-order valence-corrected chi connectivity index (χ2v) is 12.7. The molecule has 244 valence electrons. The molecule has 0 bridgehead atoms. The number of nitrogens with zero attached hydrogens (tertiary/aromatic N) is 4. The van der Waals surface area contributed by atoms with E-state index >= 15 is 0 Å². The average molecular weight is 671 g/mol. The molecule has 3 N–H and O–H groups in total. The van der Waals surface area contributed by atoms with Gasteiger partial charge in [-0.2, -0.15) is 17.5 Å². The van der Waals surface area contributed by atoms with Crippen molar-refractivity contribution in [1.82, 2.24) is 19.6 Å². The number of hydrogen-bond donors (Lipinski definition) is 2. The molecular formula is C29H34ClF3N6O5S. The topological polar surface area (TPSA) is 148 Å². The van der Waals surface area contributed by atoms with Gasteiger partial charge in [0.2, 0.25) is 16.4 Å². The van der Waals surface area contributed by atoms with Crippen molar-refractivity contribution in [1.29, 1.82) is 0 Å². The molecule has 3 aromatic rings. The van der Waals surface area contributed by atoms with E-state index in [1.165, 1.54) is 5.56 Å². The smallest absolute Gasteiger partial charge is 0.416 e. The summed E-state index contributed by atoms with van der Waals surface area (Å²) in [6, 6.07) is 11.7. The van der Waals surface area contributed by atoms with Crippen LogP contribution in [-0.2, 0) is 38.7 Å². The summed E-state index contributed by atoms with van der Waals surface area (Å²) in [5, 5.41) is 2.54. The molecule has 1 amide bonds. The molecule has 45 heavy (non-hydrogen) atoms. The minimum Gasteiger partial charge on any atom is -0.464 e. The third kappa shape index (κ3) is 9.52. The molecular weight excluding hydrogens is 637 g/mol. The predicted octanol–water partition coefficient (Wildman–Crippen LogP) is 4.16. The lowest BCUT2D eigenvalue weighted by Crippen LogP contribution is -2.49. The molecule has 0 spiro atoms. The SMILES string of the molecule is CC(C)Cc1ccc(CNC=O)cc1.COC(=O)c1nc(Cl)c(N2CCN(S(=O)(=O)c3ccc(C(F)(F)F)cc3)CC2)nc1N. The number of ether oxygens (including phenoxy) is 1. The fraction of sp³-hybridized carbons (Fsp3) is 0.379. The maximum absolute atomic E-state index is 12.8. The molecule has 16 heteroatoms. The monoisotopic (exact) mass is 670 g/mol. The Hall–Kier alpha value is -3.95. The third-order valence-corrected chi connectivity index (χ3v) is 8.82. The van der Waals surface area contributed by atoms with Gasteiger partial charge in [0, 0.05) is 32.7 Å². The summed E-state index contributed by atoms with van der Waals surface area (Å²) in [5.41, 5.74) is 7.07. The molecule has 1 aliphatic heterocycles. The lowest BCUT2D eigenvalue weighted by atomic mass is 10.0. The number of amides is 1. The van der Waals surface area contributed by atoms with Gasteiger partial charge in [-0.3, -0.25) is 4.79 Å². The van der Waals surface area contributed by atoms with Gasteiger partial charge in [-0.05, 0) is 47.7 Å². The Labute approximate surface area is 264 Å². The zero-order chi connectivity index (χ0) is 33.4. The minimum atomic E-state index is -4.56. The van der Waals surface area contributed by atoms with Crippen molar-refractivity contribution >= 4 is 45.6 Å². The minimum absolute atomic E-state index is 0.0278. The molecule has 0 aliphatic carbocycles. The van der Waals surface area contributed by atoms with Gasteiger partial charge in [0.15, 0.2) is 22.5 Å². The molecule has 1 fully saturated rings. The van der Waals surface area contributed by atoms with Gasteiger partial charge < -0.3 is 20.7 Å². The van der Waals surface area contributed by atoms with Crippen LogP contribution in [0.3, 0.4) is 0 Å². The molecule has 0 unspecified atom stereocenters. The summed E-state index contributed by atoms with van der Waals surface area (Å²) in [6.07, 6.45) is -2.72. The fourth-order valence-electron chi connectivity index (χ4n) is 4.40. The number of nitrogen functional groups attached to an aromatic ring is 1. The number of methoxy groups -OCH3 is 1. The standard InChI is InChI=1S/C17H17ClF3N5O4S.C12H17NO/c1-30-16(27)12-14(22)24-15(13(18)23-12)25-6-8-26(9-7-25)31(28,29)11-4-2-10(3-5-11)17(19,20)21;1-10(2)7-11-3-5-12(6-4-11)8-13-9-14/h2-5H,6-9H2,1H3,(H2,22,24);3-6,9-10H,7-8H2,1-2H3,(H,13,14). The van der Waals surface area contributed by atoms with Crippen LogP contribution in [0.25, 0.3) is 0 Å². The van der Waals surface area contributed by atoms with Gasteiger partial charge >= 0.3 is 12.1 Å². The first-order valence-electron chi connectivity index (χ1n) is 13.8. The van der Waals surface area contributed by atoms with E-state index in [1.54, 1.807) is 4.90 Å². The average Bonchev–Trinajstić information content (AvgIpc) is 3.01. The van der Waals surface area contributed by atoms with Crippen LogP contribution in [0.4, 0.5) is 24.8 Å². The number of carbonyl (C=O) groups excluding carboxylic acids is 2. The van der Waals surface area contributed by atoms with E-state index in [2.05, 4.69) is 58.1 Å². The summed E-state index contributed by atoms with van der Waals surface area (Å²) >= 11 is 6.11. The van der Waals surface area contributed by atoms with Crippen LogP contribution in [0.1, 0.15) is 41.0 Å². The molecule has 2 heterocycles. The normalized spacial score (nSPS) is 14.0. The van der Waals surface area contributed by atoms with Crippen molar-refractivity contribution in [2.45, 2.75) is 37.9 Å². The number of aromatic nitrogens is 2. The Morgan fingerprint density at radius 1 is 1.04 bits per heavy atom. The number of sulfonamides is 1. The van der Waals surface area contributed by atoms with Gasteiger partial charge in [-0.1, -0.05) is 49.7 Å². The van der Waals surface area contributed by atoms with Crippen molar-refractivity contribution in [3.8, 4) is 0 Å². The quantitative estimate of drug-likeness (QED) is 0.253. The number of carbonyl (C=O) groups is 2. The Balaban J connectivity index is 0.000000330. The van der Waals surface area contributed by atoms with Gasteiger partial charge in [0.25, 0.3) is 0 Å². The van der Waals surface area contributed by atoms with Crippen molar-refractivity contribution in [2.75, 3.05) is 43.9 Å². The molecule has 0 radical (unpaired) electrons. The van der Waals surface area contributed by atoms with Crippen molar-refractivity contribution < 1.29 is 35.9 Å². The van der Waals surface area contributed by atoms with E-state index in [0.717, 1.165) is 54.1 Å². The lowest BCUT2D eigenvalue weighted by molar-refractivity contribution is -0.137. The molecule has 0 saturated carbocycles. The highest BCUT2D eigenvalue weighted by atomic mass is 35.5. The zero-order valence-corrected chi connectivity index (χ0v) is 26.4. The highest BCUT2D eigenvalue weighted by Gasteiger charge is 2.33. The molecule has 1 aliphatic rings. The Kier molecular flexibility index (Phi) is 12.1. The van der Waals surface area contributed by atoms with Crippen LogP contribution < -0.4 is 16.0 Å². The summed E-state index contributed by atoms with van der Waals surface area (Å²) in [5.74, 6) is -0.121. The first-order chi connectivity index (χ1) is 21.2.